The maximum absolute atomic E-state index is 12.4. The Kier molecular flexibility index (Phi) is 6.68. The second kappa shape index (κ2) is 10.4. The molecule has 2 N–H and O–H groups in total. The summed E-state index contributed by atoms with van der Waals surface area (Å²) in [5.74, 6) is 3.09. The van der Waals surface area contributed by atoms with Gasteiger partial charge in [0.25, 0.3) is 0 Å². The molecular weight excluding hydrogens is 478 g/mol. The van der Waals surface area contributed by atoms with Gasteiger partial charge in [-0.3, -0.25) is 14.7 Å². The number of piperazine rings is 1. The highest BCUT2D eigenvalue weighted by Crippen LogP contribution is 2.33. The van der Waals surface area contributed by atoms with Crippen LogP contribution in [0, 0.1) is 12.8 Å². The number of ether oxygens (including phenoxy) is 1. The summed E-state index contributed by atoms with van der Waals surface area (Å²) in [6, 6.07) is 12.3. The molecule has 38 heavy (non-hydrogen) atoms. The highest BCUT2D eigenvalue weighted by molar-refractivity contribution is 5.85. The molecule has 0 radical (unpaired) electrons. The lowest BCUT2D eigenvalue weighted by atomic mass is 10.0. The molecule has 9 heteroatoms. The van der Waals surface area contributed by atoms with E-state index in [-0.39, 0.29) is 0 Å². The molecule has 1 saturated carbocycles. The number of benzene rings is 1. The van der Waals surface area contributed by atoms with Crippen molar-refractivity contribution in [2.75, 3.05) is 38.6 Å². The Morgan fingerprint density at radius 1 is 1.11 bits per heavy atom. The number of imidazole rings is 1. The number of pyridine rings is 2. The third-order valence-corrected chi connectivity index (χ3v) is 7.38. The molecule has 1 aliphatic heterocycles. The van der Waals surface area contributed by atoms with Crippen molar-refractivity contribution in [3.05, 3.63) is 60.0 Å². The SMILES string of the molecule is COc1cnc(C)cc1-c1ccc2nc(Nc3cc(CN4CCN(C(=O)CC5CC5)CC4)ccn3)[nH]c2c1. The fourth-order valence-electron chi connectivity index (χ4n) is 5.05. The zero-order chi connectivity index (χ0) is 26.1. The predicted molar refractivity (Wildman–Crippen MR) is 147 cm³/mol. The lowest BCUT2D eigenvalue weighted by Gasteiger charge is -2.34. The van der Waals surface area contributed by atoms with Crippen molar-refractivity contribution in [2.24, 2.45) is 5.92 Å². The fourth-order valence-corrected chi connectivity index (χ4v) is 5.05. The summed E-state index contributed by atoms with van der Waals surface area (Å²) in [6.45, 7) is 6.22. The Balaban J connectivity index is 1.11. The molecule has 1 aromatic carbocycles. The summed E-state index contributed by atoms with van der Waals surface area (Å²) in [5.41, 5.74) is 5.93. The number of hydrogen-bond donors (Lipinski definition) is 2. The van der Waals surface area contributed by atoms with Crippen molar-refractivity contribution in [3.63, 3.8) is 0 Å². The van der Waals surface area contributed by atoms with Crippen molar-refractivity contribution < 1.29 is 9.53 Å². The number of hydrogen-bond acceptors (Lipinski definition) is 7. The average Bonchev–Trinajstić information content (AvgIpc) is 3.65. The first-order chi connectivity index (χ1) is 18.5. The topological polar surface area (TPSA) is 99.3 Å². The zero-order valence-electron chi connectivity index (χ0n) is 21.9. The van der Waals surface area contributed by atoms with Gasteiger partial charge in [0.2, 0.25) is 11.9 Å². The number of rotatable bonds is 8. The summed E-state index contributed by atoms with van der Waals surface area (Å²) < 4.78 is 5.52. The van der Waals surface area contributed by atoms with E-state index in [0.29, 0.717) is 17.8 Å². The van der Waals surface area contributed by atoms with E-state index in [2.05, 4.69) is 37.3 Å². The molecule has 9 nitrogen and oxygen atoms in total. The summed E-state index contributed by atoms with van der Waals surface area (Å²) in [6.07, 6.45) is 6.76. The number of H-pyrrole nitrogens is 1. The van der Waals surface area contributed by atoms with Crippen LogP contribution in [0.25, 0.3) is 22.2 Å². The molecular formula is C29H33N7O2. The Morgan fingerprint density at radius 3 is 2.74 bits per heavy atom. The van der Waals surface area contributed by atoms with Gasteiger partial charge in [0, 0.05) is 56.6 Å². The Morgan fingerprint density at radius 2 is 1.95 bits per heavy atom. The molecule has 2 aliphatic rings. The fraction of sp³-hybridized carbons (Fsp3) is 0.379. The molecule has 196 valence electrons. The third kappa shape index (κ3) is 5.47. The van der Waals surface area contributed by atoms with E-state index in [9.17, 15) is 4.79 Å². The monoisotopic (exact) mass is 511 g/mol. The van der Waals surface area contributed by atoms with Crippen LogP contribution >= 0.6 is 0 Å². The highest BCUT2D eigenvalue weighted by Gasteiger charge is 2.28. The van der Waals surface area contributed by atoms with E-state index in [1.807, 2.05) is 42.3 Å². The summed E-state index contributed by atoms with van der Waals surface area (Å²) in [5, 5.41) is 3.32. The number of amides is 1. The van der Waals surface area contributed by atoms with E-state index in [0.717, 1.165) is 78.6 Å². The Hall–Kier alpha value is -3.98. The molecule has 4 aromatic rings. The van der Waals surface area contributed by atoms with Gasteiger partial charge in [0.15, 0.2) is 0 Å². The number of nitrogens with zero attached hydrogens (tertiary/aromatic N) is 5. The van der Waals surface area contributed by atoms with Gasteiger partial charge in [-0.05, 0) is 67.1 Å². The van der Waals surface area contributed by atoms with Gasteiger partial charge in [-0.15, -0.1) is 0 Å². The first-order valence-electron chi connectivity index (χ1n) is 13.3. The number of anilines is 2. The molecule has 3 aromatic heterocycles. The molecule has 2 fully saturated rings. The van der Waals surface area contributed by atoms with E-state index in [1.54, 1.807) is 13.3 Å². The summed E-state index contributed by atoms with van der Waals surface area (Å²) in [4.78, 5) is 33.7. The van der Waals surface area contributed by atoms with E-state index >= 15 is 0 Å². The zero-order valence-corrected chi connectivity index (χ0v) is 21.9. The van der Waals surface area contributed by atoms with Gasteiger partial charge >= 0.3 is 0 Å². The number of fused-ring (bicyclic) bond motifs is 1. The third-order valence-electron chi connectivity index (χ3n) is 7.38. The molecule has 0 bridgehead atoms. The smallest absolute Gasteiger partial charge is 0.222 e. The van der Waals surface area contributed by atoms with Crippen LogP contribution in [0.2, 0.25) is 0 Å². The maximum Gasteiger partial charge on any atom is 0.222 e. The van der Waals surface area contributed by atoms with Gasteiger partial charge in [-0.2, -0.15) is 0 Å². The second-order valence-corrected chi connectivity index (χ2v) is 10.3. The van der Waals surface area contributed by atoms with Crippen molar-refractivity contribution >= 4 is 28.7 Å². The van der Waals surface area contributed by atoms with Crippen LogP contribution in [-0.2, 0) is 11.3 Å². The minimum Gasteiger partial charge on any atom is -0.494 e. The van der Waals surface area contributed by atoms with Crippen LogP contribution in [0.5, 0.6) is 5.75 Å². The van der Waals surface area contributed by atoms with Crippen molar-refractivity contribution in [3.8, 4) is 16.9 Å². The number of carbonyl (C=O) groups is 1. The van der Waals surface area contributed by atoms with Gasteiger partial charge < -0.3 is 19.9 Å². The first-order valence-corrected chi connectivity index (χ1v) is 13.3. The normalized spacial score (nSPS) is 16.1. The van der Waals surface area contributed by atoms with Crippen LogP contribution in [-0.4, -0.2) is 68.9 Å². The second-order valence-electron chi connectivity index (χ2n) is 10.3. The van der Waals surface area contributed by atoms with E-state index in [1.165, 1.54) is 18.4 Å². The van der Waals surface area contributed by atoms with Crippen LogP contribution in [0.3, 0.4) is 0 Å². The van der Waals surface area contributed by atoms with Gasteiger partial charge in [0.1, 0.15) is 11.6 Å². The molecule has 1 aliphatic carbocycles. The number of methoxy groups -OCH3 is 1. The number of aryl methyl sites for hydroxylation is 1. The molecule has 0 unspecified atom stereocenters. The molecule has 4 heterocycles. The highest BCUT2D eigenvalue weighted by atomic mass is 16.5. The lowest BCUT2D eigenvalue weighted by molar-refractivity contribution is -0.133. The van der Waals surface area contributed by atoms with Gasteiger partial charge in [-0.1, -0.05) is 6.07 Å². The molecule has 6 rings (SSSR count). The van der Waals surface area contributed by atoms with E-state index in [4.69, 9.17) is 9.72 Å². The largest absolute Gasteiger partial charge is 0.494 e. The van der Waals surface area contributed by atoms with Gasteiger partial charge in [-0.25, -0.2) is 9.97 Å². The quantitative estimate of drug-likeness (QED) is 0.359. The predicted octanol–water partition coefficient (Wildman–Crippen LogP) is 4.52. The van der Waals surface area contributed by atoms with E-state index < -0.39 is 0 Å². The minimum atomic E-state index is 0.329. The van der Waals surface area contributed by atoms with Crippen molar-refractivity contribution in [2.45, 2.75) is 32.7 Å². The van der Waals surface area contributed by atoms with Crippen LogP contribution in [0.15, 0.2) is 48.8 Å². The van der Waals surface area contributed by atoms with Gasteiger partial charge in [0.05, 0.1) is 24.3 Å². The van der Waals surface area contributed by atoms with Crippen molar-refractivity contribution in [1.82, 2.24) is 29.7 Å². The first kappa shape index (κ1) is 24.4. The number of carbonyl (C=O) groups excluding carboxylic acids is 1. The average molecular weight is 512 g/mol. The van der Waals surface area contributed by atoms with Crippen LogP contribution in [0.4, 0.5) is 11.8 Å². The Labute approximate surface area is 222 Å². The minimum absolute atomic E-state index is 0.329. The number of aromatic amines is 1. The lowest BCUT2D eigenvalue weighted by Crippen LogP contribution is -2.48. The van der Waals surface area contributed by atoms with Crippen LogP contribution < -0.4 is 10.1 Å². The maximum atomic E-state index is 12.4. The molecule has 1 saturated heterocycles. The number of aromatic nitrogens is 4. The summed E-state index contributed by atoms with van der Waals surface area (Å²) in [7, 11) is 1.66. The summed E-state index contributed by atoms with van der Waals surface area (Å²) >= 11 is 0. The van der Waals surface area contributed by atoms with Crippen molar-refractivity contribution in [1.29, 1.82) is 0 Å². The van der Waals surface area contributed by atoms with Crippen LogP contribution in [0.1, 0.15) is 30.5 Å². The molecule has 0 atom stereocenters. The Bertz CT molecular complexity index is 1450. The molecule has 1 amide bonds. The molecule has 0 spiro atoms. The standard InChI is InChI=1S/C29H33N7O2/c1-19-13-23(26(38-2)17-31-19)22-5-6-24-25(16-22)33-29(32-24)34-27-14-21(7-8-30-27)18-35-9-11-36(12-10-35)28(37)15-20-3-4-20/h5-8,13-14,16-17,20H,3-4,9-12,15,18H2,1-2H3,(H2,30,32,33,34). The number of nitrogens with one attached hydrogen (secondary N) is 2.